The van der Waals surface area contributed by atoms with E-state index >= 15 is 0 Å². The standard InChI is InChI=1S/C28H31N3O4S/c1-2-35-23-10-12-24(13-11-23)36(33,34)31(19-22-5-3-4-14-30-22)18-20-6-8-21(9-7-20)28(32)15-25-26-16-29-17-27(25)26/h3-14,25-27,29H,2,15-19H2,1H3/t25?,26-,27+. The number of aromatic nitrogens is 1. The van der Waals surface area contributed by atoms with Crippen LogP contribution in [0.3, 0.4) is 0 Å². The van der Waals surface area contributed by atoms with E-state index in [1.165, 1.54) is 4.31 Å². The number of rotatable bonds is 11. The van der Waals surface area contributed by atoms with Crippen molar-refractivity contribution in [1.82, 2.24) is 14.6 Å². The van der Waals surface area contributed by atoms with Gasteiger partial charge in [0.15, 0.2) is 5.78 Å². The Bertz CT molecular complexity index is 1280. The fourth-order valence-corrected chi connectivity index (χ4v) is 6.50. The summed E-state index contributed by atoms with van der Waals surface area (Å²) in [6, 6.07) is 19.2. The van der Waals surface area contributed by atoms with Gasteiger partial charge in [-0.1, -0.05) is 30.3 Å². The molecular weight excluding hydrogens is 474 g/mol. The number of nitrogens with zero attached hydrogens (tertiary/aromatic N) is 2. The lowest BCUT2D eigenvalue weighted by Crippen LogP contribution is -2.30. The molecule has 1 saturated heterocycles. The van der Waals surface area contributed by atoms with Gasteiger partial charge in [0.1, 0.15) is 5.75 Å². The summed E-state index contributed by atoms with van der Waals surface area (Å²) < 4.78 is 34.1. The van der Waals surface area contributed by atoms with Crippen molar-refractivity contribution in [3.05, 3.63) is 89.7 Å². The Balaban J connectivity index is 1.32. The highest BCUT2D eigenvalue weighted by atomic mass is 32.2. The number of benzene rings is 2. The quantitative estimate of drug-likeness (QED) is 0.398. The van der Waals surface area contributed by atoms with Gasteiger partial charge in [0, 0.05) is 24.7 Å². The number of ether oxygens (including phenoxy) is 1. The molecule has 1 unspecified atom stereocenters. The van der Waals surface area contributed by atoms with Crippen LogP contribution in [0.15, 0.2) is 77.8 Å². The third kappa shape index (κ3) is 5.36. The summed E-state index contributed by atoms with van der Waals surface area (Å²) in [6.45, 7) is 4.74. The first kappa shape index (κ1) is 24.6. The minimum atomic E-state index is -3.81. The molecule has 36 heavy (non-hydrogen) atoms. The summed E-state index contributed by atoms with van der Waals surface area (Å²) in [5, 5.41) is 3.36. The van der Waals surface area contributed by atoms with Gasteiger partial charge >= 0.3 is 0 Å². The summed E-state index contributed by atoms with van der Waals surface area (Å²) in [7, 11) is -3.81. The molecule has 0 amide bonds. The third-order valence-corrected chi connectivity index (χ3v) is 8.97. The van der Waals surface area contributed by atoms with Crippen LogP contribution in [0.5, 0.6) is 5.75 Å². The highest BCUT2D eigenvalue weighted by Gasteiger charge is 2.53. The van der Waals surface area contributed by atoms with Gasteiger partial charge in [0.25, 0.3) is 0 Å². The van der Waals surface area contributed by atoms with E-state index < -0.39 is 10.0 Å². The second-order valence-corrected chi connectivity index (χ2v) is 11.4. The molecule has 5 rings (SSSR count). The maximum atomic E-state index is 13.6. The molecule has 2 fully saturated rings. The maximum Gasteiger partial charge on any atom is 0.243 e. The normalized spacial score (nSPS) is 20.8. The highest BCUT2D eigenvalue weighted by molar-refractivity contribution is 7.89. The summed E-state index contributed by atoms with van der Waals surface area (Å²) >= 11 is 0. The van der Waals surface area contributed by atoms with Crippen LogP contribution in [-0.2, 0) is 23.1 Å². The van der Waals surface area contributed by atoms with Crippen molar-refractivity contribution in [3.8, 4) is 5.75 Å². The zero-order valence-electron chi connectivity index (χ0n) is 20.3. The van der Waals surface area contributed by atoms with Crippen LogP contribution in [0.25, 0.3) is 0 Å². The molecule has 188 valence electrons. The smallest absolute Gasteiger partial charge is 0.243 e. The first-order valence-electron chi connectivity index (χ1n) is 12.4. The van der Waals surface area contributed by atoms with Crippen LogP contribution in [0.1, 0.15) is 35.0 Å². The molecule has 3 aromatic rings. The van der Waals surface area contributed by atoms with Crippen LogP contribution < -0.4 is 10.1 Å². The van der Waals surface area contributed by atoms with Crippen molar-refractivity contribution >= 4 is 15.8 Å². The molecule has 7 nitrogen and oxygen atoms in total. The molecular formula is C28H31N3O4S. The highest BCUT2D eigenvalue weighted by Crippen LogP contribution is 2.51. The van der Waals surface area contributed by atoms with E-state index in [2.05, 4.69) is 10.3 Å². The molecule has 3 atom stereocenters. The minimum Gasteiger partial charge on any atom is -0.494 e. The van der Waals surface area contributed by atoms with Crippen molar-refractivity contribution < 1.29 is 17.9 Å². The van der Waals surface area contributed by atoms with Crippen molar-refractivity contribution in [1.29, 1.82) is 0 Å². The Kier molecular flexibility index (Phi) is 7.18. The SMILES string of the molecule is CCOc1ccc(S(=O)(=O)N(Cc2ccc(C(=O)CC3[C@H]4CNC[C@@H]34)cc2)Cc2ccccn2)cc1. The number of hydrogen-bond acceptors (Lipinski definition) is 6. The van der Waals surface area contributed by atoms with Crippen molar-refractivity contribution in [2.24, 2.45) is 17.8 Å². The van der Waals surface area contributed by atoms with Gasteiger partial charge in [-0.15, -0.1) is 0 Å². The fraction of sp³-hybridized carbons (Fsp3) is 0.357. The molecule has 1 aliphatic heterocycles. The Labute approximate surface area is 212 Å². The number of ketones is 1. The second-order valence-electron chi connectivity index (χ2n) is 9.47. The molecule has 2 aliphatic rings. The van der Waals surface area contributed by atoms with Gasteiger partial charge in [-0.05, 0) is 79.7 Å². The topological polar surface area (TPSA) is 88.6 Å². The van der Waals surface area contributed by atoms with Gasteiger partial charge in [-0.2, -0.15) is 4.31 Å². The Morgan fingerprint density at radius 3 is 2.36 bits per heavy atom. The molecule has 1 aromatic heterocycles. The van der Waals surface area contributed by atoms with Crippen molar-refractivity contribution in [2.75, 3.05) is 19.7 Å². The van der Waals surface area contributed by atoms with Crippen molar-refractivity contribution in [2.45, 2.75) is 31.3 Å². The molecule has 2 heterocycles. The van der Waals surface area contributed by atoms with E-state index in [4.69, 9.17) is 4.74 Å². The molecule has 0 spiro atoms. The molecule has 0 bridgehead atoms. The number of fused-ring (bicyclic) bond motifs is 1. The van der Waals surface area contributed by atoms with Gasteiger partial charge in [-0.25, -0.2) is 8.42 Å². The van der Waals surface area contributed by atoms with E-state index in [1.54, 1.807) is 36.5 Å². The first-order chi connectivity index (χ1) is 17.5. The minimum absolute atomic E-state index is 0.134. The Hall–Kier alpha value is -3.07. The summed E-state index contributed by atoms with van der Waals surface area (Å²) in [6.07, 6.45) is 2.25. The monoisotopic (exact) mass is 505 g/mol. The molecule has 1 aliphatic carbocycles. The number of hydrogen-bond donors (Lipinski definition) is 1. The van der Waals surface area contributed by atoms with E-state index in [9.17, 15) is 13.2 Å². The number of nitrogens with one attached hydrogen (secondary N) is 1. The van der Waals surface area contributed by atoms with Crippen LogP contribution in [0.4, 0.5) is 0 Å². The predicted molar refractivity (Wildman–Crippen MR) is 137 cm³/mol. The number of sulfonamides is 1. The summed E-state index contributed by atoms with van der Waals surface area (Å²) in [5.74, 6) is 2.60. The lowest BCUT2D eigenvalue weighted by atomic mass is 10.0. The Morgan fingerprint density at radius 2 is 1.72 bits per heavy atom. The zero-order valence-corrected chi connectivity index (χ0v) is 21.2. The number of carbonyl (C=O) groups is 1. The number of Topliss-reactive ketones (excluding diaryl/α,β-unsaturated/α-hetero) is 1. The Morgan fingerprint density at radius 1 is 1.00 bits per heavy atom. The fourth-order valence-electron chi connectivity index (χ4n) is 5.10. The zero-order chi connectivity index (χ0) is 25.1. The molecule has 1 N–H and O–H groups in total. The van der Waals surface area contributed by atoms with Gasteiger partial charge in [0.05, 0.1) is 23.7 Å². The van der Waals surface area contributed by atoms with Crippen molar-refractivity contribution in [3.63, 3.8) is 0 Å². The van der Waals surface area contributed by atoms with Gasteiger partial charge < -0.3 is 10.1 Å². The maximum absolute atomic E-state index is 13.6. The van der Waals surface area contributed by atoms with E-state index in [-0.39, 0.29) is 23.8 Å². The molecule has 2 aromatic carbocycles. The third-order valence-electron chi connectivity index (χ3n) is 7.16. The number of carbonyl (C=O) groups excluding carboxylic acids is 1. The van der Waals surface area contributed by atoms with Gasteiger partial charge in [0.2, 0.25) is 10.0 Å². The molecule has 0 radical (unpaired) electrons. The lowest BCUT2D eigenvalue weighted by Gasteiger charge is -2.22. The lowest BCUT2D eigenvalue weighted by molar-refractivity contribution is 0.0971. The van der Waals surface area contributed by atoms with Crippen LogP contribution in [0, 0.1) is 17.8 Å². The summed E-state index contributed by atoms with van der Waals surface area (Å²) in [5.41, 5.74) is 2.15. The largest absolute Gasteiger partial charge is 0.494 e. The van der Waals surface area contributed by atoms with Crippen LogP contribution >= 0.6 is 0 Å². The van der Waals surface area contributed by atoms with Crippen LogP contribution in [0.2, 0.25) is 0 Å². The van der Waals surface area contributed by atoms with Crippen LogP contribution in [-0.4, -0.2) is 43.2 Å². The number of piperidine rings is 1. The average Bonchev–Trinajstić information content (AvgIpc) is 3.29. The van der Waals surface area contributed by atoms with E-state index in [1.807, 2.05) is 43.3 Å². The average molecular weight is 506 g/mol. The number of pyridine rings is 1. The van der Waals surface area contributed by atoms with Gasteiger partial charge in [-0.3, -0.25) is 9.78 Å². The predicted octanol–water partition coefficient (Wildman–Crippen LogP) is 3.91. The molecule has 8 heteroatoms. The van der Waals surface area contributed by atoms with E-state index in [0.29, 0.717) is 47.8 Å². The first-order valence-corrected chi connectivity index (χ1v) is 13.9. The molecule has 1 saturated carbocycles. The second kappa shape index (κ2) is 10.5. The van der Waals surface area contributed by atoms with E-state index in [0.717, 1.165) is 18.7 Å². The summed E-state index contributed by atoms with van der Waals surface area (Å²) in [4.78, 5) is 17.3.